The minimum absolute atomic E-state index is 0.0366. The molecule has 0 heterocycles. The standard InChI is InChI=1S/C11H20O7/c1-8(14)2-3-11(16)18-10(5-13)7-17-6-9(15)4-12/h9-10,12-13,15H,2-7H2,1H3. The quantitative estimate of drug-likeness (QED) is 0.417. The van der Waals surface area contributed by atoms with Crippen molar-refractivity contribution in [1.29, 1.82) is 0 Å². The largest absolute Gasteiger partial charge is 0.457 e. The molecular weight excluding hydrogens is 244 g/mol. The molecule has 0 fully saturated rings. The molecule has 0 spiro atoms. The van der Waals surface area contributed by atoms with E-state index in [9.17, 15) is 9.59 Å². The van der Waals surface area contributed by atoms with Gasteiger partial charge in [0.05, 0.1) is 32.8 Å². The first-order valence-corrected chi connectivity index (χ1v) is 5.66. The number of aliphatic hydroxyl groups excluding tert-OH is 3. The average molecular weight is 264 g/mol. The molecule has 0 aromatic rings. The third kappa shape index (κ3) is 9.06. The molecule has 0 rings (SSSR count). The maximum atomic E-state index is 11.2. The lowest BCUT2D eigenvalue weighted by molar-refractivity contribution is -0.156. The molecule has 3 N–H and O–H groups in total. The minimum Gasteiger partial charge on any atom is -0.457 e. The molecule has 0 amide bonds. The number of Topliss-reactive ketones (excluding diaryl/α,β-unsaturated/α-hetero) is 1. The molecule has 0 aromatic heterocycles. The summed E-state index contributed by atoms with van der Waals surface area (Å²) in [5.74, 6) is -0.703. The molecule has 0 aromatic carbocycles. The van der Waals surface area contributed by atoms with Gasteiger partial charge in [-0.15, -0.1) is 0 Å². The van der Waals surface area contributed by atoms with Gasteiger partial charge in [-0.1, -0.05) is 0 Å². The Morgan fingerprint density at radius 2 is 1.78 bits per heavy atom. The van der Waals surface area contributed by atoms with Crippen LogP contribution in [0.1, 0.15) is 19.8 Å². The lowest BCUT2D eigenvalue weighted by Gasteiger charge is -2.16. The summed E-state index contributed by atoms with van der Waals surface area (Å²) in [5.41, 5.74) is 0. The Bertz CT molecular complexity index is 254. The van der Waals surface area contributed by atoms with Gasteiger partial charge in [0.25, 0.3) is 0 Å². The van der Waals surface area contributed by atoms with Gasteiger partial charge in [-0.3, -0.25) is 4.79 Å². The van der Waals surface area contributed by atoms with Crippen LogP contribution in [0, 0.1) is 0 Å². The number of ether oxygens (including phenoxy) is 2. The van der Waals surface area contributed by atoms with Crippen LogP contribution in [0.3, 0.4) is 0 Å². The Hall–Kier alpha value is -1.02. The fraction of sp³-hybridized carbons (Fsp3) is 0.818. The van der Waals surface area contributed by atoms with Crippen molar-refractivity contribution in [3.63, 3.8) is 0 Å². The normalized spacial score (nSPS) is 14.0. The third-order valence-electron chi connectivity index (χ3n) is 2.01. The van der Waals surface area contributed by atoms with Gasteiger partial charge in [0.2, 0.25) is 0 Å². The first kappa shape index (κ1) is 17.0. The molecule has 0 saturated heterocycles. The highest BCUT2D eigenvalue weighted by molar-refractivity contribution is 5.81. The molecule has 7 nitrogen and oxygen atoms in total. The van der Waals surface area contributed by atoms with Crippen molar-refractivity contribution in [2.75, 3.05) is 26.4 Å². The summed E-state index contributed by atoms with van der Waals surface area (Å²) in [4.78, 5) is 21.9. The Kier molecular flexibility index (Phi) is 9.39. The smallest absolute Gasteiger partial charge is 0.306 e. The first-order valence-electron chi connectivity index (χ1n) is 5.66. The fourth-order valence-electron chi connectivity index (χ4n) is 1.04. The van der Waals surface area contributed by atoms with Crippen molar-refractivity contribution in [3.8, 4) is 0 Å². The number of hydrogen-bond acceptors (Lipinski definition) is 7. The van der Waals surface area contributed by atoms with E-state index in [1.165, 1.54) is 6.92 Å². The number of hydrogen-bond donors (Lipinski definition) is 3. The lowest BCUT2D eigenvalue weighted by atomic mass is 10.2. The van der Waals surface area contributed by atoms with E-state index in [1.54, 1.807) is 0 Å². The maximum Gasteiger partial charge on any atom is 0.306 e. The van der Waals surface area contributed by atoms with Crippen molar-refractivity contribution in [1.82, 2.24) is 0 Å². The number of rotatable bonds is 10. The predicted molar refractivity (Wildman–Crippen MR) is 60.8 cm³/mol. The summed E-state index contributed by atoms with van der Waals surface area (Å²) >= 11 is 0. The van der Waals surface area contributed by atoms with E-state index in [2.05, 4.69) is 0 Å². The summed E-state index contributed by atoms with van der Waals surface area (Å²) in [7, 11) is 0. The Labute approximate surface area is 105 Å². The van der Waals surface area contributed by atoms with Gasteiger partial charge >= 0.3 is 5.97 Å². The summed E-state index contributed by atoms with van der Waals surface area (Å²) in [6, 6.07) is 0. The van der Waals surface area contributed by atoms with E-state index in [0.29, 0.717) is 0 Å². The molecule has 0 aliphatic rings. The lowest BCUT2D eigenvalue weighted by Crippen LogP contribution is -2.29. The summed E-state index contributed by atoms with van der Waals surface area (Å²) in [6.07, 6.45) is -1.78. The fourth-order valence-corrected chi connectivity index (χ4v) is 1.04. The van der Waals surface area contributed by atoms with Gasteiger partial charge in [0, 0.05) is 6.42 Å². The van der Waals surface area contributed by atoms with Gasteiger partial charge in [-0.05, 0) is 6.92 Å². The first-order chi connectivity index (χ1) is 8.49. The van der Waals surface area contributed by atoms with Gasteiger partial charge in [-0.2, -0.15) is 0 Å². The van der Waals surface area contributed by atoms with Crippen molar-refractivity contribution in [2.45, 2.75) is 32.0 Å². The number of esters is 1. The van der Waals surface area contributed by atoms with Crippen LogP contribution in [0.5, 0.6) is 0 Å². The van der Waals surface area contributed by atoms with Crippen LogP contribution < -0.4 is 0 Å². The summed E-state index contributed by atoms with van der Waals surface area (Å²) < 4.78 is 9.81. The molecule has 0 aliphatic heterocycles. The monoisotopic (exact) mass is 264 g/mol. The number of ketones is 1. The number of carbonyl (C=O) groups excluding carboxylic acids is 2. The van der Waals surface area contributed by atoms with Gasteiger partial charge in [-0.25, -0.2) is 0 Å². The molecular formula is C11H20O7. The van der Waals surface area contributed by atoms with E-state index in [0.717, 1.165) is 0 Å². The van der Waals surface area contributed by atoms with Crippen LogP contribution >= 0.6 is 0 Å². The Morgan fingerprint density at radius 1 is 1.11 bits per heavy atom. The average Bonchev–Trinajstić information content (AvgIpc) is 2.34. The topological polar surface area (TPSA) is 113 Å². The van der Waals surface area contributed by atoms with E-state index in [4.69, 9.17) is 24.8 Å². The van der Waals surface area contributed by atoms with Crippen LogP contribution in [0.25, 0.3) is 0 Å². The highest BCUT2D eigenvalue weighted by Crippen LogP contribution is 2.00. The molecule has 7 heteroatoms. The maximum absolute atomic E-state index is 11.2. The van der Waals surface area contributed by atoms with Crippen LogP contribution in [0.15, 0.2) is 0 Å². The highest BCUT2D eigenvalue weighted by Gasteiger charge is 2.15. The van der Waals surface area contributed by atoms with Crippen LogP contribution in [0.2, 0.25) is 0 Å². The molecule has 2 unspecified atom stereocenters. The zero-order chi connectivity index (χ0) is 14.0. The van der Waals surface area contributed by atoms with Gasteiger partial charge < -0.3 is 29.6 Å². The molecule has 0 saturated carbocycles. The van der Waals surface area contributed by atoms with Crippen molar-refractivity contribution >= 4 is 11.8 Å². The van der Waals surface area contributed by atoms with E-state index in [-0.39, 0.29) is 31.8 Å². The zero-order valence-corrected chi connectivity index (χ0v) is 10.4. The van der Waals surface area contributed by atoms with Crippen molar-refractivity contribution in [2.24, 2.45) is 0 Å². The van der Waals surface area contributed by atoms with Crippen LogP contribution in [-0.4, -0.2) is 65.7 Å². The van der Waals surface area contributed by atoms with E-state index in [1.807, 2.05) is 0 Å². The molecule has 0 radical (unpaired) electrons. The molecule has 0 bridgehead atoms. The second-order valence-electron chi connectivity index (χ2n) is 3.87. The van der Waals surface area contributed by atoms with Crippen LogP contribution in [-0.2, 0) is 19.1 Å². The minimum atomic E-state index is -1.00. The summed E-state index contributed by atoms with van der Waals surface area (Å²) in [6.45, 7) is 0.330. The Morgan fingerprint density at radius 3 is 2.28 bits per heavy atom. The summed E-state index contributed by atoms with van der Waals surface area (Å²) in [5, 5.41) is 26.5. The third-order valence-corrected chi connectivity index (χ3v) is 2.01. The van der Waals surface area contributed by atoms with Crippen molar-refractivity contribution < 1.29 is 34.4 Å². The molecule has 106 valence electrons. The van der Waals surface area contributed by atoms with Gasteiger partial charge in [0.1, 0.15) is 18.0 Å². The second kappa shape index (κ2) is 9.95. The zero-order valence-electron chi connectivity index (χ0n) is 10.4. The SMILES string of the molecule is CC(=O)CCC(=O)OC(CO)COCC(O)CO. The van der Waals surface area contributed by atoms with E-state index >= 15 is 0 Å². The van der Waals surface area contributed by atoms with Gasteiger partial charge in [0.15, 0.2) is 0 Å². The number of carbonyl (C=O) groups is 2. The predicted octanol–water partition coefficient (Wildman–Crippen LogP) is -1.37. The second-order valence-corrected chi connectivity index (χ2v) is 3.87. The number of aliphatic hydroxyl groups is 3. The highest BCUT2D eigenvalue weighted by atomic mass is 16.6. The van der Waals surface area contributed by atoms with Crippen molar-refractivity contribution in [3.05, 3.63) is 0 Å². The van der Waals surface area contributed by atoms with Crippen LogP contribution in [0.4, 0.5) is 0 Å². The molecule has 18 heavy (non-hydrogen) atoms. The Balaban J connectivity index is 3.81. The van der Waals surface area contributed by atoms with E-state index < -0.39 is 31.4 Å². The molecule has 2 atom stereocenters. The molecule has 0 aliphatic carbocycles.